The summed E-state index contributed by atoms with van der Waals surface area (Å²) in [5.41, 5.74) is 0.700. The first kappa shape index (κ1) is 30.0. The van der Waals surface area contributed by atoms with Gasteiger partial charge in [-0.25, -0.2) is 4.39 Å². The molecular weight excluding hydrogens is 487 g/mol. The first-order chi connectivity index (χ1) is 18.1. The van der Waals surface area contributed by atoms with Crippen molar-refractivity contribution in [2.24, 2.45) is 17.8 Å². The number of hydrogen-bond acceptors (Lipinski definition) is 5. The van der Waals surface area contributed by atoms with Crippen LogP contribution < -0.4 is 10.6 Å². The highest BCUT2D eigenvalue weighted by molar-refractivity contribution is 5.92. The van der Waals surface area contributed by atoms with Crippen LogP contribution in [-0.2, 0) is 14.4 Å². The third-order valence-corrected chi connectivity index (χ3v) is 8.46. The number of anilines is 1. The maximum atomic E-state index is 15.2. The van der Waals surface area contributed by atoms with Gasteiger partial charge in [-0.2, -0.15) is 0 Å². The highest BCUT2D eigenvalue weighted by Crippen LogP contribution is 2.34. The van der Waals surface area contributed by atoms with Crippen molar-refractivity contribution in [1.29, 1.82) is 0 Å². The molecule has 0 unspecified atom stereocenters. The van der Waals surface area contributed by atoms with Crippen molar-refractivity contribution >= 4 is 23.4 Å². The summed E-state index contributed by atoms with van der Waals surface area (Å²) in [5, 5.41) is 14.8. The summed E-state index contributed by atoms with van der Waals surface area (Å²) >= 11 is 0. The quantitative estimate of drug-likeness (QED) is 0.429. The van der Waals surface area contributed by atoms with Crippen molar-refractivity contribution in [1.82, 2.24) is 15.1 Å². The van der Waals surface area contributed by atoms with Crippen molar-refractivity contribution in [3.63, 3.8) is 0 Å². The molecule has 3 rings (SSSR count). The number of β-amino-alcohol motifs (C(OH)–C–C–N with tert-alkyl or cyclic N) is 1. The normalized spacial score (nSPS) is 22.8. The van der Waals surface area contributed by atoms with Crippen molar-refractivity contribution in [3.05, 3.63) is 29.6 Å². The van der Waals surface area contributed by atoms with E-state index in [1.165, 1.54) is 6.07 Å². The van der Waals surface area contributed by atoms with Crippen molar-refractivity contribution < 1.29 is 23.9 Å². The molecule has 38 heavy (non-hydrogen) atoms. The summed E-state index contributed by atoms with van der Waals surface area (Å²) in [7, 11) is 0. The minimum absolute atomic E-state index is 0.0704. The Morgan fingerprint density at radius 2 is 1.74 bits per heavy atom. The summed E-state index contributed by atoms with van der Waals surface area (Å²) in [6.07, 6.45) is 4.51. The Bertz CT molecular complexity index is 958. The number of carbonyl (C=O) groups excluding carboxylic acids is 3. The van der Waals surface area contributed by atoms with Crippen LogP contribution in [0.5, 0.6) is 0 Å². The fourth-order valence-electron chi connectivity index (χ4n) is 5.56. The van der Waals surface area contributed by atoms with Gasteiger partial charge in [-0.3, -0.25) is 19.3 Å². The number of carbonyl (C=O) groups is 3. The standard InChI is InChI=1S/C29H45FN4O4/c1-5-26(36)32-27(29(38)34-14-12-33(13-15-34)16-17-35)20(3)23-10-11-25(24(30)18-23)31-28(37)21(4)22-8-6-19(2)7-9-22/h10-11,18-22,27,35H,5-9,12-17H2,1-4H3,(H,31,37)(H,32,36)/t19?,20-,21-,22?,27+/m0/s1. The molecule has 8 nitrogen and oxygen atoms in total. The highest BCUT2D eigenvalue weighted by Gasteiger charge is 2.33. The van der Waals surface area contributed by atoms with Crippen LogP contribution in [0.1, 0.15) is 71.3 Å². The molecule has 0 aromatic heterocycles. The second-order valence-electron chi connectivity index (χ2n) is 11.1. The number of rotatable bonds is 10. The monoisotopic (exact) mass is 532 g/mol. The molecule has 1 aromatic carbocycles. The number of halogens is 1. The lowest BCUT2D eigenvalue weighted by molar-refractivity contribution is -0.138. The van der Waals surface area contributed by atoms with Gasteiger partial charge in [0.1, 0.15) is 11.9 Å². The number of piperazine rings is 1. The van der Waals surface area contributed by atoms with Gasteiger partial charge < -0.3 is 20.6 Å². The second-order valence-corrected chi connectivity index (χ2v) is 11.1. The number of amides is 3. The Morgan fingerprint density at radius 1 is 1.08 bits per heavy atom. The average molecular weight is 533 g/mol. The predicted molar refractivity (Wildman–Crippen MR) is 146 cm³/mol. The number of hydrogen-bond donors (Lipinski definition) is 3. The Hall–Kier alpha value is -2.52. The van der Waals surface area contributed by atoms with Crippen LogP contribution in [0.4, 0.5) is 10.1 Å². The Labute approximate surface area is 226 Å². The molecule has 3 N–H and O–H groups in total. The average Bonchev–Trinajstić information content (AvgIpc) is 2.92. The van der Waals surface area contributed by atoms with E-state index in [1.807, 2.05) is 6.92 Å². The third kappa shape index (κ3) is 7.76. The van der Waals surface area contributed by atoms with Gasteiger partial charge in [-0.15, -0.1) is 0 Å². The summed E-state index contributed by atoms with van der Waals surface area (Å²) in [5.74, 6) is -0.831. The minimum atomic E-state index is -0.833. The van der Waals surface area contributed by atoms with Gasteiger partial charge in [-0.05, 0) is 42.4 Å². The van der Waals surface area contributed by atoms with Gasteiger partial charge in [0, 0.05) is 51.0 Å². The molecule has 0 radical (unpaired) electrons. The van der Waals surface area contributed by atoms with Gasteiger partial charge in [0.05, 0.1) is 12.3 Å². The second kappa shape index (κ2) is 14.0. The van der Waals surface area contributed by atoms with Crippen molar-refractivity contribution in [2.45, 2.75) is 71.8 Å². The molecule has 1 aliphatic heterocycles. The Morgan fingerprint density at radius 3 is 2.32 bits per heavy atom. The Kier molecular flexibility index (Phi) is 11.1. The molecule has 1 saturated carbocycles. The minimum Gasteiger partial charge on any atom is -0.395 e. The third-order valence-electron chi connectivity index (χ3n) is 8.46. The van der Waals surface area contributed by atoms with E-state index in [-0.39, 0.29) is 42.4 Å². The van der Waals surface area contributed by atoms with Crippen LogP contribution in [-0.4, -0.2) is 78.0 Å². The smallest absolute Gasteiger partial charge is 0.245 e. The lowest BCUT2D eigenvalue weighted by atomic mass is 9.76. The molecule has 2 aliphatic rings. The zero-order valence-corrected chi connectivity index (χ0v) is 23.3. The first-order valence-electron chi connectivity index (χ1n) is 14.2. The molecule has 1 saturated heterocycles. The van der Waals surface area contributed by atoms with Crippen molar-refractivity contribution in [3.8, 4) is 0 Å². The first-order valence-corrected chi connectivity index (χ1v) is 14.2. The lowest BCUT2D eigenvalue weighted by Gasteiger charge is -2.37. The zero-order chi connectivity index (χ0) is 27.8. The lowest BCUT2D eigenvalue weighted by Crippen LogP contribution is -2.56. The molecule has 1 heterocycles. The molecule has 0 bridgehead atoms. The number of benzene rings is 1. The predicted octanol–water partition coefficient (Wildman–Crippen LogP) is 3.36. The zero-order valence-electron chi connectivity index (χ0n) is 23.3. The highest BCUT2D eigenvalue weighted by atomic mass is 19.1. The Balaban J connectivity index is 1.69. The largest absolute Gasteiger partial charge is 0.395 e. The van der Waals surface area contributed by atoms with Crippen molar-refractivity contribution in [2.75, 3.05) is 44.6 Å². The fraction of sp³-hybridized carbons (Fsp3) is 0.690. The number of aliphatic hydroxyl groups excluding tert-OH is 1. The van der Waals surface area contributed by atoms with Crippen LogP contribution in [0.15, 0.2) is 18.2 Å². The molecule has 2 fully saturated rings. The van der Waals surface area contributed by atoms with Gasteiger partial charge in [0.25, 0.3) is 0 Å². The van der Waals surface area contributed by atoms with E-state index in [4.69, 9.17) is 5.11 Å². The maximum Gasteiger partial charge on any atom is 0.245 e. The molecular formula is C29H45FN4O4. The molecule has 1 aliphatic carbocycles. The summed E-state index contributed by atoms with van der Waals surface area (Å²) < 4.78 is 15.2. The molecule has 3 atom stereocenters. The van der Waals surface area contributed by atoms with Crippen LogP contribution in [0.3, 0.4) is 0 Å². The van der Waals surface area contributed by atoms with E-state index >= 15 is 4.39 Å². The van der Waals surface area contributed by atoms with E-state index in [2.05, 4.69) is 22.5 Å². The number of nitrogens with one attached hydrogen (secondary N) is 2. The van der Waals surface area contributed by atoms with Gasteiger partial charge in [-0.1, -0.05) is 46.6 Å². The summed E-state index contributed by atoms with van der Waals surface area (Å²) in [6.45, 7) is 10.6. The van der Waals surface area contributed by atoms with E-state index < -0.39 is 17.8 Å². The number of nitrogens with zero attached hydrogens (tertiary/aromatic N) is 2. The van der Waals surface area contributed by atoms with Gasteiger partial charge in [0.2, 0.25) is 17.7 Å². The summed E-state index contributed by atoms with van der Waals surface area (Å²) in [4.78, 5) is 42.4. The fourth-order valence-corrected chi connectivity index (χ4v) is 5.56. The molecule has 212 valence electrons. The molecule has 3 amide bonds. The van der Waals surface area contributed by atoms with E-state index in [9.17, 15) is 14.4 Å². The SMILES string of the molecule is CCC(=O)N[C@@H](C(=O)N1CCN(CCO)CC1)[C@@H](C)c1ccc(NC(=O)[C@@H](C)C2CCC(C)CC2)c(F)c1. The van der Waals surface area contributed by atoms with Gasteiger partial charge >= 0.3 is 0 Å². The van der Waals surface area contributed by atoms with Crippen LogP contribution in [0.25, 0.3) is 0 Å². The van der Waals surface area contributed by atoms with E-state index in [0.29, 0.717) is 50.1 Å². The number of aliphatic hydroxyl groups is 1. The topological polar surface area (TPSA) is 102 Å². The summed E-state index contributed by atoms with van der Waals surface area (Å²) in [6, 6.07) is 3.78. The van der Waals surface area contributed by atoms with Gasteiger partial charge in [0.15, 0.2) is 0 Å². The van der Waals surface area contributed by atoms with Crippen LogP contribution in [0.2, 0.25) is 0 Å². The van der Waals surface area contributed by atoms with E-state index in [0.717, 1.165) is 25.7 Å². The van der Waals surface area contributed by atoms with E-state index in [1.54, 1.807) is 30.9 Å². The maximum absolute atomic E-state index is 15.2. The molecule has 9 heteroatoms. The molecule has 0 spiro atoms. The van der Waals surface area contributed by atoms with Crippen LogP contribution >= 0.6 is 0 Å². The molecule has 1 aromatic rings. The van der Waals surface area contributed by atoms with Crippen LogP contribution in [0, 0.1) is 23.6 Å².